The maximum atomic E-state index is 13.3. The maximum Gasteiger partial charge on any atom is 0.264 e. The fourth-order valence-electron chi connectivity index (χ4n) is 2.87. The Morgan fingerprint density at radius 1 is 1.03 bits per heavy atom. The summed E-state index contributed by atoms with van der Waals surface area (Å²) in [4.78, 5) is 12.6. The Morgan fingerprint density at radius 2 is 1.73 bits per heavy atom. The van der Waals surface area contributed by atoms with Crippen LogP contribution in [0.5, 0.6) is 5.75 Å². The Labute approximate surface area is 202 Å². The molecule has 0 aliphatic carbocycles. The van der Waals surface area contributed by atoms with Gasteiger partial charge in [0.15, 0.2) is 0 Å². The molecule has 0 aliphatic heterocycles. The van der Waals surface area contributed by atoms with E-state index in [-0.39, 0.29) is 20.6 Å². The molecule has 1 N–H and O–H groups in total. The van der Waals surface area contributed by atoms with E-state index in [2.05, 4.69) is 10.5 Å². The summed E-state index contributed by atoms with van der Waals surface area (Å²) in [7, 11) is -4.11. The maximum absolute atomic E-state index is 13.3. The lowest BCUT2D eigenvalue weighted by molar-refractivity contribution is -0.119. The second kappa shape index (κ2) is 11.2. The summed E-state index contributed by atoms with van der Waals surface area (Å²) in [6.45, 7) is 1.89. The number of carbonyl (C=O) groups is 1. The zero-order valence-electron chi connectivity index (χ0n) is 17.6. The molecule has 7 nitrogen and oxygen atoms in total. The molecule has 0 unspecified atom stereocenters. The molecular weight excluding hydrogens is 485 g/mol. The van der Waals surface area contributed by atoms with Gasteiger partial charge in [0, 0.05) is 0 Å². The Bertz CT molecular complexity index is 1230. The molecule has 0 bridgehead atoms. The van der Waals surface area contributed by atoms with Crippen molar-refractivity contribution in [1.29, 1.82) is 0 Å². The summed E-state index contributed by atoms with van der Waals surface area (Å²) in [6.07, 6.45) is 1.44. The van der Waals surface area contributed by atoms with Gasteiger partial charge in [-0.3, -0.25) is 9.10 Å². The van der Waals surface area contributed by atoms with Crippen molar-refractivity contribution < 1.29 is 17.9 Å². The van der Waals surface area contributed by atoms with E-state index in [0.717, 1.165) is 15.6 Å². The van der Waals surface area contributed by atoms with Crippen LogP contribution < -0.4 is 14.5 Å². The predicted molar refractivity (Wildman–Crippen MR) is 131 cm³/mol. The van der Waals surface area contributed by atoms with E-state index in [0.29, 0.717) is 6.61 Å². The number of nitrogens with zero attached hydrogens (tertiary/aromatic N) is 2. The molecule has 1 amide bonds. The van der Waals surface area contributed by atoms with Crippen LogP contribution in [0, 0.1) is 0 Å². The average Bonchev–Trinajstić information content (AvgIpc) is 2.81. The SMILES string of the molecule is CCOc1ccc(/C=N\NC(=O)CN(c2cccc(Cl)c2Cl)S(=O)(=O)c2ccccc2)cc1. The van der Waals surface area contributed by atoms with E-state index in [1.54, 1.807) is 48.5 Å². The van der Waals surface area contributed by atoms with Gasteiger partial charge in [0.05, 0.1) is 33.4 Å². The standard InChI is InChI=1S/C23H21Cl2N3O4S/c1-2-32-18-13-11-17(12-14-18)15-26-27-22(29)16-28(21-10-6-9-20(24)23(21)25)33(30,31)19-7-4-3-5-8-19/h3-15H,2,16H2,1H3,(H,27,29)/b26-15-. The van der Waals surface area contributed by atoms with Gasteiger partial charge in [0.2, 0.25) is 0 Å². The van der Waals surface area contributed by atoms with Crippen LogP contribution in [0.2, 0.25) is 10.0 Å². The van der Waals surface area contributed by atoms with Crippen molar-refractivity contribution in [3.63, 3.8) is 0 Å². The number of benzene rings is 3. The van der Waals surface area contributed by atoms with Gasteiger partial charge in [-0.25, -0.2) is 13.8 Å². The monoisotopic (exact) mass is 505 g/mol. The topological polar surface area (TPSA) is 88.1 Å². The molecule has 3 rings (SSSR count). The number of hydrogen-bond acceptors (Lipinski definition) is 5. The normalized spacial score (nSPS) is 11.4. The number of ether oxygens (including phenoxy) is 1. The molecule has 0 aliphatic rings. The summed E-state index contributed by atoms with van der Waals surface area (Å²) in [5, 5.41) is 4.09. The van der Waals surface area contributed by atoms with Crippen LogP contribution in [-0.2, 0) is 14.8 Å². The first-order valence-electron chi connectivity index (χ1n) is 9.89. The molecule has 0 saturated heterocycles. The minimum Gasteiger partial charge on any atom is -0.494 e. The summed E-state index contributed by atoms with van der Waals surface area (Å²) in [5.41, 5.74) is 3.16. The minimum atomic E-state index is -4.11. The summed E-state index contributed by atoms with van der Waals surface area (Å²) in [6, 6.07) is 19.4. The molecule has 10 heteroatoms. The van der Waals surface area contributed by atoms with E-state index in [9.17, 15) is 13.2 Å². The smallest absolute Gasteiger partial charge is 0.264 e. The Hall–Kier alpha value is -3.07. The largest absolute Gasteiger partial charge is 0.494 e. The van der Waals surface area contributed by atoms with Crippen LogP contribution in [0.1, 0.15) is 12.5 Å². The fourth-order valence-corrected chi connectivity index (χ4v) is 4.77. The quantitative estimate of drug-likeness (QED) is 0.336. The van der Waals surface area contributed by atoms with Gasteiger partial charge in [-0.2, -0.15) is 5.10 Å². The van der Waals surface area contributed by atoms with E-state index in [1.165, 1.54) is 30.5 Å². The highest BCUT2D eigenvalue weighted by Gasteiger charge is 2.29. The first-order chi connectivity index (χ1) is 15.8. The van der Waals surface area contributed by atoms with E-state index in [4.69, 9.17) is 27.9 Å². The summed E-state index contributed by atoms with van der Waals surface area (Å²) < 4.78 is 32.9. The van der Waals surface area contributed by atoms with E-state index in [1.807, 2.05) is 6.92 Å². The average molecular weight is 506 g/mol. The molecule has 0 fully saturated rings. The number of hydrazone groups is 1. The number of halogens is 2. The molecule has 0 heterocycles. The van der Waals surface area contributed by atoms with Crippen molar-refractivity contribution in [3.05, 3.63) is 88.4 Å². The summed E-state index contributed by atoms with van der Waals surface area (Å²) in [5.74, 6) is 0.0616. The highest BCUT2D eigenvalue weighted by Crippen LogP contribution is 2.35. The molecule has 0 radical (unpaired) electrons. The molecule has 3 aromatic carbocycles. The van der Waals surface area contributed by atoms with E-state index >= 15 is 0 Å². The number of nitrogens with one attached hydrogen (secondary N) is 1. The van der Waals surface area contributed by atoms with Gasteiger partial charge < -0.3 is 4.74 Å². The van der Waals surface area contributed by atoms with Gasteiger partial charge >= 0.3 is 0 Å². The number of rotatable bonds is 9. The van der Waals surface area contributed by atoms with Crippen molar-refractivity contribution >= 4 is 51.0 Å². The molecule has 0 saturated carbocycles. The second-order valence-electron chi connectivity index (χ2n) is 6.69. The van der Waals surface area contributed by atoms with Crippen LogP contribution >= 0.6 is 23.2 Å². The van der Waals surface area contributed by atoms with Crippen LogP contribution in [0.15, 0.2) is 82.8 Å². The van der Waals surface area contributed by atoms with Crippen molar-refractivity contribution in [2.24, 2.45) is 5.10 Å². The third kappa shape index (κ3) is 6.25. The zero-order valence-corrected chi connectivity index (χ0v) is 19.9. The lowest BCUT2D eigenvalue weighted by Crippen LogP contribution is -2.39. The third-order valence-electron chi connectivity index (χ3n) is 4.41. The first-order valence-corrected chi connectivity index (χ1v) is 12.1. The lowest BCUT2D eigenvalue weighted by atomic mass is 10.2. The van der Waals surface area contributed by atoms with Crippen molar-refractivity contribution in [2.75, 3.05) is 17.5 Å². The van der Waals surface area contributed by atoms with Gasteiger partial charge in [-0.1, -0.05) is 47.5 Å². The van der Waals surface area contributed by atoms with Crippen molar-refractivity contribution in [2.45, 2.75) is 11.8 Å². The minimum absolute atomic E-state index is 0.00623. The zero-order chi connectivity index (χ0) is 23.8. The number of amides is 1. The van der Waals surface area contributed by atoms with Gasteiger partial charge in [0.1, 0.15) is 12.3 Å². The summed E-state index contributed by atoms with van der Waals surface area (Å²) >= 11 is 12.4. The molecule has 0 atom stereocenters. The van der Waals surface area contributed by atoms with Crippen LogP contribution in [0.3, 0.4) is 0 Å². The molecule has 0 spiro atoms. The molecule has 172 valence electrons. The molecule has 33 heavy (non-hydrogen) atoms. The second-order valence-corrected chi connectivity index (χ2v) is 9.34. The molecule has 0 aromatic heterocycles. The number of carbonyl (C=O) groups excluding carboxylic acids is 1. The lowest BCUT2D eigenvalue weighted by Gasteiger charge is -2.24. The Morgan fingerprint density at radius 3 is 2.39 bits per heavy atom. The van der Waals surface area contributed by atoms with E-state index < -0.39 is 22.5 Å². The fraction of sp³-hybridized carbons (Fsp3) is 0.130. The van der Waals surface area contributed by atoms with Crippen LogP contribution in [0.4, 0.5) is 5.69 Å². The van der Waals surface area contributed by atoms with Crippen LogP contribution in [0.25, 0.3) is 0 Å². The molecule has 3 aromatic rings. The van der Waals surface area contributed by atoms with Crippen molar-refractivity contribution in [3.8, 4) is 5.75 Å². The van der Waals surface area contributed by atoms with Gasteiger partial charge in [-0.05, 0) is 61.0 Å². The van der Waals surface area contributed by atoms with Gasteiger partial charge in [0.25, 0.3) is 15.9 Å². The van der Waals surface area contributed by atoms with Crippen molar-refractivity contribution in [1.82, 2.24) is 5.43 Å². The predicted octanol–water partition coefficient (Wildman–Crippen LogP) is 4.74. The number of hydrogen-bond donors (Lipinski definition) is 1. The Balaban J connectivity index is 1.81. The number of sulfonamides is 1. The number of anilines is 1. The van der Waals surface area contributed by atoms with Crippen LogP contribution in [-0.4, -0.2) is 33.7 Å². The highest BCUT2D eigenvalue weighted by atomic mass is 35.5. The Kier molecular flexibility index (Phi) is 8.32. The highest BCUT2D eigenvalue weighted by molar-refractivity contribution is 7.92. The first kappa shape index (κ1) is 24.6. The third-order valence-corrected chi connectivity index (χ3v) is 7.00. The molecular formula is C23H21Cl2N3O4S. The van der Waals surface area contributed by atoms with Gasteiger partial charge in [-0.15, -0.1) is 0 Å².